The van der Waals surface area contributed by atoms with Gasteiger partial charge in [-0.3, -0.25) is 9.48 Å². The van der Waals surface area contributed by atoms with Crippen molar-refractivity contribution in [3.8, 4) is 0 Å². The van der Waals surface area contributed by atoms with Crippen LogP contribution in [0.2, 0.25) is 0 Å². The van der Waals surface area contributed by atoms with Crippen LogP contribution in [0.3, 0.4) is 0 Å². The largest absolute Gasteiger partial charge is 0.292 e. The van der Waals surface area contributed by atoms with Crippen molar-refractivity contribution in [3.63, 3.8) is 0 Å². The van der Waals surface area contributed by atoms with Gasteiger partial charge in [-0.2, -0.15) is 5.10 Å². The average Bonchev–Trinajstić information content (AvgIpc) is 2.82. The number of aryl methyl sites for hydroxylation is 1. The van der Waals surface area contributed by atoms with E-state index in [-0.39, 0.29) is 5.78 Å². The van der Waals surface area contributed by atoms with E-state index in [4.69, 9.17) is 0 Å². The molecule has 18 heavy (non-hydrogen) atoms. The number of ketones is 1. The number of Topliss-reactive ketones (excluding diaryl/α,β-unsaturated/α-hetero) is 1. The Labute approximate surface area is 111 Å². The third kappa shape index (κ3) is 5.03. The van der Waals surface area contributed by atoms with Crippen LogP contribution in [0.4, 0.5) is 0 Å². The van der Waals surface area contributed by atoms with Gasteiger partial charge < -0.3 is 0 Å². The van der Waals surface area contributed by atoms with Crippen molar-refractivity contribution in [3.05, 3.63) is 18.0 Å². The van der Waals surface area contributed by atoms with Crippen LogP contribution in [0, 0.1) is 0 Å². The number of hydrogen-bond acceptors (Lipinski definition) is 2. The Bertz CT molecular complexity index is 344. The summed E-state index contributed by atoms with van der Waals surface area (Å²) in [6, 6.07) is 1.84. The monoisotopic (exact) mass is 250 g/mol. The van der Waals surface area contributed by atoms with E-state index in [1.165, 1.54) is 32.1 Å². The molecular weight excluding hydrogens is 224 g/mol. The number of carbonyl (C=O) groups excluding carboxylic acids is 1. The zero-order chi connectivity index (χ0) is 13.2. The second-order valence-corrected chi connectivity index (χ2v) is 4.88. The van der Waals surface area contributed by atoms with Gasteiger partial charge in [-0.15, -0.1) is 0 Å². The van der Waals surface area contributed by atoms with E-state index < -0.39 is 0 Å². The molecule has 0 saturated carbocycles. The van der Waals surface area contributed by atoms with Crippen molar-refractivity contribution < 1.29 is 4.79 Å². The molecule has 0 spiro atoms. The second-order valence-electron chi connectivity index (χ2n) is 4.88. The Balaban J connectivity index is 2.25. The van der Waals surface area contributed by atoms with E-state index in [9.17, 15) is 4.79 Å². The molecule has 0 amide bonds. The van der Waals surface area contributed by atoms with Crippen LogP contribution >= 0.6 is 0 Å². The Morgan fingerprint density at radius 1 is 1.11 bits per heavy atom. The Morgan fingerprint density at radius 2 is 1.83 bits per heavy atom. The van der Waals surface area contributed by atoms with Crippen LogP contribution in [0.25, 0.3) is 0 Å². The van der Waals surface area contributed by atoms with E-state index in [1.807, 2.05) is 10.7 Å². The van der Waals surface area contributed by atoms with Crippen molar-refractivity contribution >= 4 is 5.78 Å². The number of hydrogen-bond donors (Lipinski definition) is 0. The molecule has 0 fully saturated rings. The molecule has 1 heterocycles. The number of carbonyl (C=O) groups is 1. The predicted octanol–water partition coefficient (Wildman–Crippen LogP) is 4.23. The predicted molar refractivity (Wildman–Crippen MR) is 74.8 cm³/mol. The molecule has 3 heteroatoms. The normalized spacial score (nSPS) is 10.8. The fourth-order valence-electron chi connectivity index (χ4n) is 2.15. The van der Waals surface area contributed by atoms with Gasteiger partial charge in [-0.25, -0.2) is 0 Å². The van der Waals surface area contributed by atoms with E-state index in [2.05, 4.69) is 18.9 Å². The summed E-state index contributed by atoms with van der Waals surface area (Å²) >= 11 is 0. The van der Waals surface area contributed by atoms with E-state index in [0.717, 1.165) is 25.1 Å². The van der Waals surface area contributed by atoms with Crippen LogP contribution < -0.4 is 0 Å². The molecule has 1 aromatic heterocycles. The summed E-state index contributed by atoms with van der Waals surface area (Å²) in [5, 5.41) is 4.19. The lowest BCUT2D eigenvalue weighted by molar-refractivity contribution is 0.0968. The molecule has 102 valence electrons. The van der Waals surface area contributed by atoms with Crippen LogP contribution in [0.15, 0.2) is 12.3 Å². The first-order chi connectivity index (χ1) is 8.79. The zero-order valence-electron chi connectivity index (χ0n) is 11.8. The van der Waals surface area contributed by atoms with Crippen molar-refractivity contribution in [1.29, 1.82) is 0 Å². The fraction of sp³-hybridized carbons (Fsp3) is 0.733. The van der Waals surface area contributed by atoms with Gasteiger partial charge in [-0.1, -0.05) is 46.0 Å². The van der Waals surface area contributed by atoms with Crippen molar-refractivity contribution in [2.75, 3.05) is 0 Å². The standard InChI is InChI=1S/C15H26N2O/c1-3-5-6-7-8-9-10-15(18)14-11-12-16-17(14)13-4-2/h11-12H,3-10,13H2,1-2H3. The molecule has 3 nitrogen and oxygen atoms in total. The van der Waals surface area contributed by atoms with Crippen LogP contribution in [0.5, 0.6) is 0 Å². The molecule has 0 aliphatic rings. The molecule has 1 rings (SSSR count). The summed E-state index contributed by atoms with van der Waals surface area (Å²) in [4.78, 5) is 12.0. The number of rotatable bonds is 10. The smallest absolute Gasteiger partial charge is 0.180 e. The summed E-state index contributed by atoms with van der Waals surface area (Å²) in [5.41, 5.74) is 0.783. The lowest BCUT2D eigenvalue weighted by Crippen LogP contribution is -2.10. The molecular formula is C15H26N2O. The van der Waals surface area contributed by atoms with Gasteiger partial charge >= 0.3 is 0 Å². The molecule has 0 N–H and O–H groups in total. The maximum Gasteiger partial charge on any atom is 0.180 e. The van der Waals surface area contributed by atoms with Gasteiger partial charge in [0.15, 0.2) is 5.78 Å². The van der Waals surface area contributed by atoms with Gasteiger partial charge in [0.05, 0.1) is 0 Å². The minimum absolute atomic E-state index is 0.247. The first-order valence-corrected chi connectivity index (χ1v) is 7.34. The second kappa shape index (κ2) is 8.90. The third-order valence-electron chi connectivity index (χ3n) is 3.20. The summed E-state index contributed by atoms with van der Waals surface area (Å²) in [6.45, 7) is 5.16. The summed E-state index contributed by atoms with van der Waals surface area (Å²) in [7, 11) is 0. The van der Waals surface area contributed by atoms with Gasteiger partial charge in [0.25, 0.3) is 0 Å². The van der Waals surface area contributed by atoms with Crippen molar-refractivity contribution in [2.24, 2.45) is 0 Å². The van der Waals surface area contributed by atoms with Gasteiger partial charge in [0.1, 0.15) is 5.69 Å². The molecule has 0 aliphatic carbocycles. The summed E-state index contributed by atoms with van der Waals surface area (Å²) < 4.78 is 1.83. The van der Waals surface area contributed by atoms with E-state index >= 15 is 0 Å². The molecule has 0 aromatic carbocycles. The maximum atomic E-state index is 12.0. The van der Waals surface area contributed by atoms with Crippen LogP contribution in [0.1, 0.15) is 75.7 Å². The van der Waals surface area contributed by atoms with E-state index in [0.29, 0.717) is 6.42 Å². The zero-order valence-corrected chi connectivity index (χ0v) is 11.8. The Hall–Kier alpha value is -1.12. The molecule has 1 aromatic rings. The van der Waals surface area contributed by atoms with Crippen molar-refractivity contribution in [2.45, 2.75) is 71.8 Å². The first-order valence-electron chi connectivity index (χ1n) is 7.34. The number of nitrogens with zero attached hydrogens (tertiary/aromatic N) is 2. The Morgan fingerprint density at radius 3 is 2.56 bits per heavy atom. The molecule has 0 atom stereocenters. The average molecular weight is 250 g/mol. The van der Waals surface area contributed by atoms with E-state index in [1.54, 1.807) is 6.20 Å². The van der Waals surface area contributed by atoms with Crippen LogP contribution in [-0.4, -0.2) is 15.6 Å². The number of aromatic nitrogens is 2. The highest BCUT2D eigenvalue weighted by atomic mass is 16.1. The molecule has 0 radical (unpaired) electrons. The van der Waals surface area contributed by atoms with Gasteiger partial charge in [0, 0.05) is 19.2 Å². The lowest BCUT2D eigenvalue weighted by Gasteiger charge is -2.05. The Kier molecular flexibility index (Phi) is 7.38. The van der Waals surface area contributed by atoms with Gasteiger partial charge in [-0.05, 0) is 18.9 Å². The topological polar surface area (TPSA) is 34.9 Å². The van der Waals surface area contributed by atoms with Crippen LogP contribution in [-0.2, 0) is 6.54 Å². The highest BCUT2D eigenvalue weighted by Gasteiger charge is 2.10. The molecule has 0 aliphatic heterocycles. The minimum Gasteiger partial charge on any atom is -0.292 e. The summed E-state index contributed by atoms with van der Waals surface area (Å²) in [6.07, 6.45) is 10.7. The molecule has 0 unspecified atom stereocenters. The first kappa shape index (κ1) is 14.9. The highest BCUT2D eigenvalue weighted by molar-refractivity contribution is 5.94. The quantitative estimate of drug-likeness (QED) is 0.460. The third-order valence-corrected chi connectivity index (χ3v) is 3.20. The molecule has 0 saturated heterocycles. The number of unbranched alkanes of at least 4 members (excludes halogenated alkanes) is 5. The SMILES string of the molecule is CCCCCCCCC(=O)c1ccnn1CCC. The highest BCUT2D eigenvalue weighted by Crippen LogP contribution is 2.11. The fourth-order valence-corrected chi connectivity index (χ4v) is 2.15. The minimum atomic E-state index is 0.247. The lowest BCUT2D eigenvalue weighted by atomic mass is 10.1. The molecule has 0 bridgehead atoms. The summed E-state index contributed by atoms with van der Waals surface area (Å²) in [5.74, 6) is 0.247. The van der Waals surface area contributed by atoms with Gasteiger partial charge in [0.2, 0.25) is 0 Å². The maximum absolute atomic E-state index is 12.0. The van der Waals surface area contributed by atoms with Crippen molar-refractivity contribution in [1.82, 2.24) is 9.78 Å².